The lowest BCUT2D eigenvalue weighted by Gasteiger charge is -2.40. The lowest BCUT2D eigenvalue weighted by Crippen LogP contribution is -2.52. The molecule has 0 aromatic heterocycles. The molecular weight excluding hydrogens is 576 g/mol. The number of nitrogens with zero attached hydrogens (tertiary/aromatic N) is 4. The normalized spacial score (nSPS) is 15.1. The number of carbonyl (C=O) groups excluding carboxylic acids is 2. The van der Waals surface area contributed by atoms with E-state index in [0.717, 1.165) is 52.3 Å². The summed E-state index contributed by atoms with van der Waals surface area (Å²) in [5, 5.41) is 5.56. The van der Waals surface area contributed by atoms with Gasteiger partial charge in [0.25, 0.3) is 11.8 Å². The van der Waals surface area contributed by atoms with Gasteiger partial charge in [-0.05, 0) is 49.1 Å². The maximum atomic E-state index is 13.4. The Kier molecular flexibility index (Phi) is 12.3. The topological polar surface area (TPSA) is 68.2 Å². The van der Waals surface area contributed by atoms with Crippen molar-refractivity contribution >= 4 is 28.5 Å². The summed E-state index contributed by atoms with van der Waals surface area (Å²) in [6.45, 7) is 9.74. The Morgan fingerprint density at radius 1 is 0.826 bits per heavy atom. The first-order valence-electron chi connectivity index (χ1n) is 17.2. The molecular formula is C38H56N4O4+2. The molecule has 2 heterocycles. The summed E-state index contributed by atoms with van der Waals surface area (Å²) in [5.74, 6) is 6.66. The van der Waals surface area contributed by atoms with Crippen LogP contribution in [0.25, 0.3) is 10.8 Å². The van der Waals surface area contributed by atoms with Crippen LogP contribution in [-0.2, 0) is 9.57 Å². The van der Waals surface area contributed by atoms with Gasteiger partial charge in [-0.25, -0.2) is 0 Å². The van der Waals surface area contributed by atoms with E-state index in [-0.39, 0.29) is 17.2 Å². The number of amides is 2. The molecule has 4 rings (SSSR count). The SMILES string of the molecule is CC(C)(CN1C(=O)c2cccc3cccc(c23)C1=O)C[N+](C)(C)CCCCCCCCCC[N+](C)(C)CC#CCOC1=NOCC1. The fourth-order valence-corrected chi connectivity index (χ4v) is 6.99. The van der Waals surface area contributed by atoms with Crippen molar-refractivity contribution in [2.45, 2.75) is 71.6 Å². The lowest BCUT2D eigenvalue weighted by atomic mass is 9.88. The number of ether oxygens (including phenoxy) is 1. The van der Waals surface area contributed by atoms with Gasteiger partial charge in [-0.2, -0.15) is 0 Å². The molecule has 2 aliphatic rings. The number of benzene rings is 2. The molecule has 2 aromatic rings. The number of unbranched alkanes of at least 4 members (excludes halogenated alkanes) is 7. The second kappa shape index (κ2) is 15.9. The summed E-state index contributed by atoms with van der Waals surface area (Å²) in [4.78, 5) is 33.3. The zero-order valence-electron chi connectivity index (χ0n) is 29.2. The average Bonchev–Trinajstić information content (AvgIpc) is 3.52. The molecule has 0 bridgehead atoms. The third kappa shape index (κ3) is 10.3. The van der Waals surface area contributed by atoms with E-state index in [4.69, 9.17) is 9.57 Å². The Morgan fingerprint density at radius 3 is 1.96 bits per heavy atom. The Morgan fingerprint density at radius 2 is 1.39 bits per heavy atom. The molecule has 8 heteroatoms. The highest BCUT2D eigenvalue weighted by atomic mass is 16.7. The van der Waals surface area contributed by atoms with E-state index >= 15 is 0 Å². The summed E-state index contributed by atoms with van der Waals surface area (Å²) >= 11 is 0. The van der Waals surface area contributed by atoms with Gasteiger partial charge in [-0.1, -0.05) is 74.9 Å². The highest BCUT2D eigenvalue weighted by Crippen LogP contribution is 2.32. The average molecular weight is 633 g/mol. The maximum Gasteiger partial charge on any atom is 0.261 e. The van der Waals surface area contributed by atoms with Crippen molar-refractivity contribution in [1.29, 1.82) is 0 Å². The number of hydrogen-bond donors (Lipinski definition) is 0. The number of hydrogen-bond acceptors (Lipinski definition) is 5. The monoisotopic (exact) mass is 632 g/mol. The van der Waals surface area contributed by atoms with Crippen molar-refractivity contribution in [2.24, 2.45) is 10.6 Å². The molecule has 0 radical (unpaired) electrons. The highest BCUT2D eigenvalue weighted by Gasteiger charge is 2.38. The molecule has 0 aliphatic carbocycles. The van der Waals surface area contributed by atoms with E-state index in [9.17, 15) is 9.59 Å². The number of imide groups is 1. The van der Waals surface area contributed by atoms with Crippen LogP contribution in [0.4, 0.5) is 0 Å². The van der Waals surface area contributed by atoms with E-state index < -0.39 is 0 Å². The molecule has 0 unspecified atom stereocenters. The maximum absolute atomic E-state index is 13.4. The Labute approximate surface area is 276 Å². The number of rotatable bonds is 17. The van der Waals surface area contributed by atoms with Crippen molar-refractivity contribution in [3.63, 3.8) is 0 Å². The van der Waals surface area contributed by atoms with E-state index in [2.05, 4.69) is 59.0 Å². The molecule has 0 fully saturated rings. The van der Waals surface area contributed by atoms with Gasteiger partial charge in [-0.3, -0.25) is 14.5 Å². The quantitative estimate of drug-likeness (QED) is 0.0866. The lowest BCUT2D eigenvalue weighted by molar-refractivity contribution is -0.896. The molecule has 0 spiro atoms. The summed E-state index contributed by atoms with van der Waals surface area (Å²) in [5.41, 5.74) is 1.06. The van der Waals surface area contributed by atoms with Gasteiger partial charge in [0.05, 0.1) is 54.2 Å². The van der Waals surface area contributed by atoms with Crippen molar-refractivity contribution < 1.29 is 28.1 Å². The molecule has 8 nitrogen and oxygen atoms in total. The largest absolute Gasteiger partial charge is 0.465 e. The number of carbonyl (C=O) groups is 2. The van der Waals surface area contributed by atoms with Crippen molar-refractivity contribution in [3.8, 4) is 11.8 Å². The second-order valence-electron chi connectivity index (χ2n) is 15.2. The van der Waals surface area contributed by atoms with E-state index in [1.807, 2.05) is 36.4 Å². The fraction of sp³-hybridized carbons (Fsp3) is 0.605. The van der Waals surface area contributed by atoms with Crippen LogP contribution >= 0.6 is 0 Å². The number of quaternary nitrogens is 2. The van der Waals surface area contributed by atoms with Gasteiger partial charge >= 0.3 is 0 Å². The molecule has 2 aliphatic heterocycles. The van der Waals surface area contributed by atoms with Crippen molar-refractivity contribution in [1.82, 2.24) is 4.90 Å². The van der Waals surface area contributed by atoms with E-state index in [0.29, 0.717) is 36.8 Å². The molecule has 2 aromatic carbocycles. The molecule has 0 atom stereocenters. The van der Waals surface area contributed by atoms with E-state index in [1.54, 1.807) is 0 Å². The van der Waals surface area contributed by atoms with Gasteiger partial charge in [0.2, 0.25) is 5.90 Å². The summed E-state index contributed by atoms with van der Waals surface area (Å²) in [7, 11) is 9.05. The molecule has 2 amide bonds. The second-order valence-corrected chi connectivity index (χ2v) is 15.2. The Bertz CT molecular complexity index is 1400. The zero-order valence-corrected chi connectivity index (χ0v) is 29.2. The van der Waals surface area contributed by atoms with Crippen LogP contribution in [0.2, 0.25) is 0 Å². The zero-order chi connectivity index (χ0) is 33.2. The van der Waals surface area contributed by atoms with Gasteiger partial charge in [-0.15, -0.1) is 0 Å². The standard InChI is InChI=1S/C38H56N4O4/c1-38(2,29-40-36(43)32-21-17-19-31-20-18-22-33(35(31)32)37(40)44)30-42(5,6)26-14-12-10-8-7-9-11-13-24-41(3,4)25-15-16-27-45-34-23-28-46-39-34/h17-22H,7-14,23-30H2,1-6H3/q+2. The third-order valence-corrected chi connectivity index (χ3v) is 9.09. The smallest absolute Gasteiger partial charge is 0.261 e. The van der Waals surface area contributed by atoms with Gasteiger partial charge in [0.1, 0.15) is 13.2 Å². The first-order chi connectivity index (χ1) is 21.9. The molecule has 0 saturated heterocycles. The first-order valence-corrected chi connectivity index (χ1v) is 17.2. The third-order valence-electron chi connectivity index (χ3n) is 9.09. The molecule has 46 heavy (non-hydrogen) atoms. The Hall–Kier alpha value is -3.41. The summed E-state index contributed by atoms with van der Waals surface area (Å²) < 4.78 is 7.28. The van der Waals surface area contributed by atoms with Gasteiger partial charge < -0.3 is 18.5 Å². The number of oxime groups is 1. The molecule has 250 valence electrons. The van der Waals surface area contributed by atoms with Crippen molar-refractivity contribution in [2.75, 3.05) is 74.1 Å². The fourth-order valence-electron chi connectivity index (χ4n) is 6.99. The minimum absolute atomic E-state index is 0.173. The molecule has 0 saturated carbocycles. The van der Waals surface area contributed by atoms with Crippen LogP contribution in [0, 0.1) is 17.3 Å². The minimum Gasteiger partial charge on any atom is -0.465 e. The summed E-state index contributed by atoms with van der Waals surface area (Å²) in [6.07, 6.45) is 10.9. The highest BCUT2D eigenvalue weighted by molar-refractivity contribution is 6.25. The van der Waals surface area contributed by atoms with Crippen molar-refractivity contribution in [3.05, 3.63) is 47.5 Å². The van der Waals surface area contributed by atoms with Crippen LogP contribution < -0.4 is 0 Å². The molecule has 0 N–H and O–H groups in total. The van der Waals surface area contributed by atoms with E-state index in [1.165, 1.54) is 56.3 Å². The Balaban J connectivity index is 1.07. The van der Waals surface area contributed by atoms with Crippen LogP contribution in [0.15, 0.2) is 41.6 Å². The first kappa shape index (κ1) is 35.4. The van der Waals surface area contributed by atoms with Gasteiger partial charge in [0.15, 0.2) is 6.61 Å². The minimum atomic E-state index is -0.205. The van der Waals surface area contributed by atoms with Crippen LogP contribution in [0.5, 0.6) is 0 Å². The predicted molar refractivity (Wildman–Crippen MR) is 185 cm³/mol. The predicted octanol–water partition coefficient (Wildman–Crippen LogP) is 6.49. The summed E-state index contributed by atoms with van der Waals surface area (Å²) in [6, 6.07) is 11.4. The van der Waals surface area contributed by atoms with Crippen LogP contribution in [0.3, 0.4) is 0 Å². The van der Waals surface area contributed by atoms with Crippen LogP contribution in [-0.4, -0.2) is 106 Å². The van der Waals surface area contributed by atoms with Crippen LogP contribution in [0.1, 0.15) is 92.4 Å². The van der Waals surface area contributed by atoms with Gasteiger partial charge in [0, 0.05) is 28.5 Å².